The number of anilines is 1. The summed E-state index contributed by atoms with van der Waals surface area (Å²) >= 11 is 0.912. The molecular formula is C7H9N3O5S. The number of hydrogen-bond donors (Lipinski definition) is 2. The molecule has 0 atom stereocenters. The van der Waals surface area contributed by atoms with Gasteiger partial charge in [-0.25, -0.2) is 9.78 Å². The molecule has 0 amide bonds. The van der Waals surface area contributed by atoms with Crippen LogP contribution in [0.15, 0.2) is 6.20 Å². The highest BCUT2D eigenvalue weighted by atomic mass is 32.1. The molecule has 9 heteroatoms. The Morgan fingerprint density at radius 2 is 2.50 bits per heavy atom. The van der Waals surface area contributed by atoms with Crippen molar-refractivity contribution in [3.63, 3.8) is 0 Å². The summed E-state index contributed by atoms with van der Waals surface area (Å²) in [4.78, 5) is 23.6. The summed E-state index contributed by atoms with van der Waals surface area (Å²) in [6, 6.07) is 0. The highest BCUT2D eigenvalue weighted by Crippen LogP contribution is 2.24. The maximum absolute atomic E-state index is 10.3. The lowest BCUT2D eigenvalue weighted by Gasteiger charge is -2.01. The predicted octanol–water partition coefficient (Wildman–Crippen LogP) is 0.564. The van der Waals surface area contributed by atoms with E-state index in [0.717, 1.165) is 17.5 Å². The van der Waals surface area contributed by atoms with Crippen molar-refractivity contribution in [3.8, 4) is 0 Å². The average Bonchev–Trinajstić information content (AvgIpc) is 2.65. The summed E-state index contributed by atoms with van der Waals surface area (Å²) in [5.74, 6) is -1.04. The molecule has 1 aromatic heterocycles. The standard InChI is InChI=1S/C7H9N3O5S/c11-6(12)4-15-2-1-8-7-9-3-5(16-7)10(13)14/h3H,1-2,4H2,(H,8,9)(H,11,12). The maximum Gasteiger partial charge on any atom is 0.345 e. The number of aliphatic carboxylic acids is 1. The van der Waals surface area contributed by atoms with E-state index in [0.29, 0.717) is 11.7 Å². The molecule has 0 saturated heterocycles. The Balaban J connectivity index is 2.21. The molecule has 0 unspecified atom stereocenters. The molecule has 0 bridgehead atoms. The molecule has 88 valence electrons. The van der Waals surface area contributed by atoms with Crippen LogP contribution < -0.4 is 5.32 Å². The lowest BCUT2D eigenvalue weighted by Crippen LogP contribution is -2.13. The molecule has 0 spiro atoms. The van der Waals surface area contributed by atoms with Crippen molar-refractivity contribution in [3.05, 3.63) is 16.3 Å². The summed E-state index contributed by atoms with van der Waals surface area (Å²) < 4.78 is 4.75. The van der Waals surface area contributed by atoms with E-state index in [-0.39, 0.29) is 18.2 Å². The second kappa shape index (κ2) is 5.98. The molecule has 0 saturated carbocycles. The van der Waals surface area contributed by atoms with Crippen molar-refractivity contribution in [2.24, 2.45) is 0 Å². The minimum Gasteiger partial charge on any atom is -0.480 e. The summed E-state index contributed by atoms with van der Waals surface area (Å²) in [5.41, 5.74) is 0. The lowest BCUT2D eigenvalue weighted by molar-refractivity contribution is -0.380. The first-order chi connectivity index (χ1) is 7.59. The van der Waals surface area contributed by atoms with Gasteiger partial charge in [0.25, 0.3) is 0 Å². The Hall–Kier alpha value is -1.74. The Bertz CT molecular complexity index is 380. The van der Waals surface area contributed by atoms with Gasteiger partial charge in [0.15, 0.2) is 5.13 Å². The monoisotopic (exact) mass is 247 g/mol. The summed E-state index contributed by atoms with van der Waals surface area (Å²) in [7, 11) is 0. The molecule has 0 aliphatic carbocycles. The highest BCUT2D eigenvalue weighted by molar-refractivity contribution is 7.18. The van der Waals surface area contributed by atoms with Crippen molar-refractivity contribution in [2.45, 2.75) is 0 Å². The zero-order valence-corrected chi connectivity index (χ0v) is 8.90. The number of nitrogens with one attached hydrogen (secondary N) is 1. The van der Waals surface area contributed by atoms with Gasteiger partial charge in [-0.05, 0) is 11.3 Å². The summed E-state index contributed by atoms with van der Waals surface area (Å²) in [6.07, 6.45) is 1.16. The number of aromatic nitrogens is 1. The van der Waals surface area contributed by atoms with Gasteiger partial charge in [-0.3, -0.25) is 10.1 Å². The number of ether oxygens (including phenoxy) is 1. The van der Waals surface area contributed by atoms with Gasteiger partial charge in [0.2, 0.25) is 0 Å². The van der Waals surface area contributed by atoms with E-state index >= 15 is 0 Å². The molecule has 1 heterocycles. The van der Waals surface area contributed by atoms with E-state index in [1.165, 1.54) is 0 Å². The normalized spacial score (nSPS) is 10.0. The van der Waals surface area contributed by atoms with E-state index in [2.05, 4.69) is 10.3 Å². The fourth-order valence-corrected chi connectivity index (χ4v) is 1.48. The molecule has 0 fully saturated rings. The van der Waals surface area contributed by atoms with Gasteiger partial charge in [0.1, 0.15) is 12.8 Å². The molecular weight excluding hydrogens is 238 g/mol. The second-order valence-electron chi connectivity index (χ2n) is 2.63. The van der Waals surface area contributed by atoms with Gasteiger partial charge < -0.3 is 15.2 Å². The van der Waals surface area contributed by atoms with Crippen LogP contribution in [0.5, 0.6) is 0 Å². The van der Waals surface area contributed by atoms with Crippen LogP contribution in [0.4, 0.5) is 10.1 Å². The van der Waals surface area contributed by atoms with E-state index in [1.54, 1.807) is 0 Å². The number of hydrogen-bond acceptors (Lipinski definition) is 7. The molecule has 1 aromatic rings. The number of carboxylic acid groups (broad SMARTS) is 1. The van der Waals surface area contributed by atoms with Crippen molar-refractivity contribution in [2.75, 3.05) is 25.1 Å². The molecule has 0 aliphatic heterocycles. The van der Waals surface area contributed by atoms with Crippen LogP contribution in [0.2, 0.25) is 0 Å². The second-order valence-corrected chi connectivity index (χ2v) is 3.64. The first-order valence-corrected chi connectivity index (χ1v) is 5.05. The van der Waals surface area contributed by atoms with Crippen LogP contribution in [-0.2, 0) is 9.53 Å². The van der Waals surface area contributed by atoms with Gasteiger partial charge in [0.05, 0.1) is 11.5 Å². The SMILES string of the molecule is O=C(O)COCCNc1ncc([N+](=O)[O-])s1. The number of carbonyl (C=O) groups is 1. The van der Waals surface area contributed by atoms with Crippen molar-refractivity contribution in [1.29, 1.82) is 0 Å². The van der Waals surface area contributed by atoms with Gasteiger partial charge in [-0.15, -0.1) is 0 Å². The molecule has 0 aromatic carbocycles. The van der Waals surface area contributed by atoms with Crippen LogP contribution in [0, 0.1) is 10.1 Å². The third-order valence-electron chi connectivity index (χ3n) is 1.42. The topological polar surface area (TPSA) is 115 Å². The van der Waals surface area contributed by atoms with E-state index in [9.17, 15) is 14.9 Å². The van der Waals surface area contributed by atoms with Crippen LogP contribution in [0.1, 0.15) is 0 Å². The Morgan fingerprint density at radius 1 is 1.75 bits per heavy atom. The number of nitro groups is 1. The van der Waals surface area contributed by atoms with E-state index in [1.807, 2.05) is 0 Å². The predicted molar refractivity (Wildman–Crippen MR) is 55.7 cm³/mol. The zero-order valence-electron chi connectivity index (χ0n) is 8.08. The summed E-state index contributed by atoms with van der Waals surface area (Å²) in [5, 5.41) is 21.7. The molecule has 1 rings (SSSR count). The minimum absolute atomic E-state index is 0.0473. The smallest absolute Gasteiger partial charge is 0.345 e. The Labute approximate surface area is 94.0 Å². The molecule has 2 N–H and O–H groups in total. The van der Waals surface area contributed by atoms with Gasteiger partial charge >= 0.3 is 11.0 Å². The van der Waals surface area contributed by atoms with Crippen LogP contribution in [-0.4, -0.2) is 40.7 Å². The average molecular weight is 247 g/mol. The lowest BCUT2D eigenvalue weighted by atomic mass is 10.6. The number of nitrogens with zero attached hydrogens (tertiary/aromatic N) is 2. The zero-order chi connectivity index (χ0) is 12.0. The van der Waals surface area contributed by atoms with Crippen molar-refractivity contribution >= 4 is 27.4 Å². The number of carboxylic acids is 1. The fourth-order valence-electron chi connectivity index (χ4n) is 0.821. The third-order valence-corrected chi connectivity index (χ3v) is 2.33. The quantitative estimate of drug-likeness (QED) is 0.411. The Kier molecular flexibility index (Phi) is 4.61. The Morgan fingerprint density at radius 3 is 3.06 bits per heavy atom. The van der Waals surface area contributed by atoms with Crippen LogP contribution in [0.25, 0.3) is 0 Å². The molecule has 0 radical (unpaired) electrons. The molecule has 0 aliphatic rings. The van der Waals surface area contributed by atoms with E-state index < -0.39 is 10.9 Å². The van der Waals surface area contributed by atoms with Crippen LogP contribution >= 0.6 is 11.3 Å². The first-order valence-electron chi connectivity index (χ1n) is 4.23. The third kappa shape index (κ3) is 4.19. The summed E-state index contributed by atoms with van der Waals surface area (Å²) in [6.45, 7) is 0.178. The largest absolute Gasteiger partial charge is 0.480 e. The van der Waals surface area contributed by atoms with Crippen LogP contribution in [0.3, 0.4) is 0 Å². The highest BCUT2D eigenvalue weighted by Gasteiger charge is 2.10. The van der Waals surface area contributed by atoms with Gasteiger partial charge in [-0.2, -0.15) is 0 Å². The number of rotatable bonds is 7. The van der Waals surface area contributed by atoms with Crippen molar-refractivity contribution < 1.29 is 19.6 Å². The molecule has 8 nitrogen and oxygen atoms in total. The number of thiazole rings is 1. The van der Waals surface area contributed by atoms with Gasteiger partial charge in [0, 0.05) is 6.54 Å². The minimum atomic E-state index is -1.04. The molecule has 16 heavy (non-hydrogen) atoms. The first kappa shape index (κ1) is 12.3. The van der Waals surface area contributed by atoms with Crippen molar-refractivity contribution in [1.82, 2.24) is 4.98 Å². The maximum atomic E-state index is 10.3. The van der Waals surface area contributed by atoms with Gasteiger partial charge in [-0.1, -0.05) is 0 Å². The fraction of sp³-hybridized carbons (Fsp3) is 0.429. The van der Waals surface area contributed by atoms with E-state index in [4.69, 9.17) is 9.84 Å².